The molecule has 1 aliphatic heterocycles. The highest BCUT2D eigenvalue weighted by atomic mass is 16.2. The number of ketones is 1. The van der Waals surface area contributed by atoms with Gasteiger partial charge in [0.15, 0.2) is 0 Å². The van der Waals surface area contributed by atoms with Crippen LogP contribution in [-0.4, -0.2) is 18.2 Å². The Morgan fingerprint density at radius 1 is 1.37 bits per heavy atom. The number of nitrogens with zero attached hydrogens (tertiary/aromatic N) is 2. The van der Waals surface area contributed by atoms with Crippen LogP contribution in [0.5, 0.6) is 0 Å². The first-order chi connectivity index (χ1) is 9.13. The number of carbonyl (C=O) groups excluding carboxylic acids is 2. The Bertz CT molecular complexity index is 558. The fourth-order valence-electron chi connectivity index (χ4n) is 2.42. The van der Waals surface area contributed by atoms with Crippen molar-refractivity contribution < 1.29 is 9.59 Å². The Hall–Kier alpha value is -2.15. The van der Waals surface area contributed by atoms with Crippen LogP contribution in [0.2, 0.25) is 0 Å². The Morgan fingerprint density at radius 3 is 2.84 bits per heavy atom. The zero-order valence-electron chi connectivity index (χ0n) is 11.0. The molecule has 0 spiro atoms. The van der Waals surface area contributed by atoms with Gasteiger partial charge in [0.05, 0.1) is 11.6 Å². The summed E-state index contributed by atoms with van der Waals surface area (Å²) >= 11 is 0. The number of carbonyl (C=O) groups is 2. The van der Waals surface area contributed by atoms with Crippen molar-refractivity contribution >= 4 is 17.4 Å². The van der Waals surface area contributed by atoms with Crippen molar-refractivity contribution in [1.82, 2.24) is 0 Å². The minimum absolute atomic E-state index is 0.0371. The minimum atomic E-state index is 0.0371. The van der Waals surface area contributed by atoms with Crippen LogP contribution >= 0.6 is 0 Å². The standard InChI is InChI=1S/C15H16N2O2/c1-11(18)4-2-7-15(19)17-9-8-13-12(10-16)5-3-6-14(13)17/h3,5-6H,2,4,7-9H2,1H3. The maximum absolute atomic E-state index is 12.1. The molecule has 4 nitrogen and oxygen atoms in total. The van der Waals surface area contributed by atoms with Crippen LogP contribution in [0, 0.1) is 11.3 Å². The number of amides is 1. The van der Waals surface area contributed by atoms with Gasteiger partial charge in [-0.25, -0.2) is 0 Å². The van der Waals surface area contributed by atoms with Gasteiger partial charge in [0.1, 0.15) is 5.78 Å². The molecule has 0 fully saturated rings. The molecular weight excluding hydrogens is 240 g/mol. The van der Waals surface area contributed by atoms with Gasteiger partial charge in [0.2, 0.25) is 5.91 Å². The maximum Gasteiger partial charge on any atom is 0.227 e. The summed E-state index contributed by atoms with van der Waals surface area (Å²) in [4.78, 5) is 24.7. The van der Waals surface area contributed by atoms with E-state index in [0.29, 0.717) is 31.4 Å². The Balaban J connectivity index is 2.08. The van der Waals surface area contributed by atoms with E-state index in [2.05, 4.69) is 6.07 Å². The van der Waals surface area contributed by atoms with Gasteiger partial charge in [-0.15, -0.1) is 0 Å². The van der Waals surface area contributed by atoms with Crippen molar-refractivity contribution in [1.29, 1.82) is 5.26 Å². The summed E-state index contributed by atoms with van der Waals surface area (Å²) < 4.78 is 0. The van der Waals surface area contributed by atoms with Crippen LogP contribution < -0.4 is 4.90 Å². The molecule has 1 aromatic carbocycles. The normalized spacial score (nSPS) is 12.9. The lowest BCUT2D eigenvalue weighted by Gasteiger charge is -2.17. The topological polar surface area (TPSA) is 61.2 Å². The third-order valence-corrected chi connectivity index (χ3v) is 3.37. The van der Waals surface area contributed by atoms with Gasteiger partial charge in [0, 0.05) is 25.1 Å². The molecule has 1 amide bonds. The van der Waals surface area contributed by atoms with Gasteiger partial charge in [0.25, 0.3) is 0 Å². The molecular formula is C15H16N2O2. The van der Waals surface area contributed by atoms with E-state index in [4.69, 9.17) is 5.26 Å². The Morgan fingerprint density at radius 2 is 2.16 bits per heavy atom. The summed E-state index contributed by atoms with van der Waals surface area (Å²) in [7, 11) is 0. The molecule has 2 rings (SSSR count). The summed E-state index contributed by atoms with van der Waals surface area (Å²) in [5, 5.41) is 9.04. The summed E-state index contributed by atoms with van der Waals surface area (Å²) in [5.74, 6) is 0.150. The SMILES string of the molecule is CC(=O)CCCC(=O)N1CCc2c(C#N)cccc21. The number of nitriles is 1. The molecule has 0 saturated carbocycles. The van der Waals surface area contributed by atoms with Gasteiger partial charge in [-0.2, -0.15) is 5.26 Å². The van der Waals surface area contributed by atoms with E-state index < -0.39 is 0 Å². The molecule has 4 heteroatoms. The molecule has 1 heterocycles. The quantitative estimate of drug-likeness (QED) is 0.829. The largest absolute Gasteiger partial charge is 0.312 e. The second-order valence-electron chi connectivity index (χ2n) is 4.77. The minimum Gasteiger partial charge on any atom is -0.312 e. The summed E-state index contributed by atoms with van der Waals surface area (Å²) in [6.07, 6.45) is 2.16. The van der Waals surface area contributed by atoms with Crippen LogP contribution in [0.1, 0.15) is 37.3 Å². The molecule has 1 aromatic rings. The molecule has 1 aliphatic rings. The summed E-state index contributed by atoms with van der Waals surface area (Å²) in [5.41, 5.74) is 2.47. The number of benzene rings is 1. The van der Waals surface area contributed by atoms with Crippen LogP contribution in [0.3, 0.4) is 0 Å². The monoisotopic (exact) mass is 256 g/mol. The van der Waals surface area contributed by atoms with Gasteiger partial charge >= 0.3 is 0 Å². The zero-order chi connectivity index (χ0) is 13.8. The van der Waals surface area contributed by atoms with E-state index in [0.717, 1.165) is 17.7 Å². The number of fused-ring (bicyclic) bond motifs is 1. The van der Waals surface area contributed by atoms with Crippen molar-refractivity contribution in [2.45, 2.75) is 32.6 Å². The average Bonchev–Trinajstić information content (AvgIpc) is 2.81. The van der Waals surface area contributed by atoms with Gasteiger partial charge in [-0.3, -0.25) is 4.79 Å². The number of Topliss-reactive ketones (excluding diaryl/α,β-unsaturated/α-hetero) is 1. The Kier molecular flexibility index (Phi) is 3.96. The zero-order valence-corrected chi connectivity index (χ0v) is 11.0. The highest BCUT2D eigenvalue weighted by Gasteiger charge is 2.25. The van der Waals surface area contributed by atoms with Crippen molar-refractivity contribution in [3.05, 3.63) is 29.3 Å². The molecule has 0 radical (unpaired) electrons. The molecule has 0 bridgehead atoms. The van der Waals surface area contributed by atoms with Crippen molar-refractivity contribution in [2.75, 3.05) is 11.4 Å². The first kappa shape index (κ1) is 13.3. The molecule has 0 saturated heterocycles. The third-order valence-electron chi connectivity index (χ3n) is 3.37. The van der Waals surface area contributed by atoms with Gasteiger partial charge in [-0.05, 0) is 37.5 Å². The molecule has 0 aliphatic carbocycles. The third kappa shape index (κ3) is 2.82. The number of hydrogen-bond acceptors (Lipinski definition) is 3. The second-order valence-corrected chi connectivity index (χ2v) is 4.77. The fraction of sp³-hybridized carbons (Fsp3) is 0.400. The lowest BCUT2D eigenvalue weighted by molar-refractivity contribution is -0.119. The molecule has 98 valence electrons. The first-order valence-electron chi connectivity index (χ1n) is 6.45. The summed E-state index contributed by atoms with van der Waals surface area (Å²) in [6.45, 7) is 2.17. The number of anilines is 1. The van der Waals surface area contributed by atoms with E-state index in [1.165, 1.54) is 6.92 Å². The Labute approximate surface area is 112 Å². The molecule has 0 N–H and O–H groups in total. The van der Waals surface area contributed by atoms with Crippen molar-refractivity contribution in [3.63, 3.8) is 0 Å². The smallest absolute Gasteiger partial charge is 0.227 e. The fourth-order valence-corrected chi connectivity index (χ4v) is 2.42. The number of hydrogen-bond donors (Lipinski definition) is 0. The highest BCUT2D eigenvalue weighted by molar-refractivity contribution is 5.96. The van der Waals surface area contributed by atoms with Crippen LogP contribution in [0.4, 0.5) is 5.69 Å². The van der Waals surface area contributed by atoms with Crippen molar-refractivity contribution in [3.8, 4) is 6.07 Å². The highest BCUT2D eigenvalue weighted by Crippen LogP contribution is 2.31. The van der Waals surface area contributed by atoms with Crippen LogP contribution in [0.25, 0.3) is 0 Å². The number of rotatable bonds is 4. The maximum atomic E-state index is 12.1. The summed E-state index contributed by atoms with van der Waals surface area (Å²) in [6, 6.07) is 7.63. The lowest BCUT2D eigenvalue weighted by atomic mass is 10.1. The van der Waals surface area contributed by atoms with E-state index in [1.54, 1.807) is 17.0 Å². The van der Waals surface area contributed by atoms with Crippen molar-refractivity contribution in [2.24, 2.45) is 0 Å². The second kappa shape index (κ2) is 5.66. The van der Waals surface area contributed by atoms with E-state index >= 15 is 0 Å². The predicted octanol–water partition coefficient (Wildman–Crippen LogP) is 2.21. The van der Waals surface area contributed by atoms with E-state index in [-0.39, 0.29) is 11.7 Å². The molecule has 0 atom stereocenters. The first-order valence-corrected chi connectivity index (χ1v) is 6.45. The van der Waals surface area contributed by atoms with E-state index in [9.17, 15) is 9.59 Å². The van der Waals surface area contributed by atoms with Crippen LogP contribution in [-0.2, 0) is 16.0 Å². The van der Waals surface area contributed by atoms with E-state index in [1.807, 2.05) is 6.07 Å². The average molecular weight is 256 g/mol. The molecule has 19 heavy (non-hydrogen) atoms. The molecule has 0 aromatic heterocycles. The molecule has 0 unspecified atom stereocenters. The predicted molar refractivity (Wildman–Crippen MR) is 71.7 cm³/mol. The van der Waals surface area contributed by atoms with Crippen LogP contribution in [0.15, 0.2) is 18.2 Å². The van der Waals surface area contributed by atoms with Gasteiger partial charge < -0.3 is 9.69 Å². The van der Waals surface area contributed by atoms with Gasteiger partial charge in [-0.1, -0.05) is 6.07 Å². The lowest BCUT2D eigenvalue weighted by Crippen LogP contribution is -2.28.